The lowest BCUT2D eigenvalue weighted by Gasteiger charge is -2.37. The fraction of sp³-hybridized carbons (Fsp3) is 0.500. The van der Waals surface area contributed by atoms with Crippen molar-refractivity contribution in [2.75, 3.05) is 65.6 Å². The molecule has 0 spiro atoms. The second-order valence-corrected chi connectivity index (χ2v) is 12.8. The Balaban J connectivity index is 0.00000504. The van der Waals surface area contributed by atoms with Gasteiger partial charge in [-0.1, -0.05) is 60.4 Å². The van der Waals surface area contributed by atoms with Crippen LogP contribution in [-0.2, 0) is 45.2 Å². The maximum Gasteiger partial charge on any atom is 0.317 e. The first-order chi connectivity index (χ1) is 24.8. The van der Waals surface area contributed by atoms with Gasteiger partial charge in [0.15, 0.2) is 0 Å². The lowest BCUT2D eigenvalue weighted by molar-refractivity contribution is -0.206. The lowest BCUT2D eigenvalue weighted by atomic mass is 10.1. The summed E-state index contributed by atoms with van der Waals surface area (Å²) in [6.07, 6.45) is 0. The molecule has 18 heteroatoms. The number of nitrogens with two attached hydrogens (primary N) is 2. The maximum absolute atomic E-state index is 13.0. The Morgan fingerprint density at radius 2 is 0.944 bits per heavy atom. The van der Waals surface area contributed by atoms with Gasteiger partial charge in [0.05, 0.1) is 0 Å². The van der Waals surface area contributed by atoms with Gasteiger partial charge in [0, 0.05) is 78.5 Å². The fourth-order valence-electron chi connectivity index (χ4n) is 5.70. The molecule has 2 aromatic rings. The molecular weight excluding hydrogens is 743 g/mol. The molecule has 54 heavy (non-hydrogen) atoms. The number of hydrogen-bond acceptors (Lipinski definition) is 10. The predicted molar refractivity (Wildman–Crippen MR) is 205 cm³/mol. The van der Waals surface area contributed by atoms with Gasteiger partial charge in [0.2, 0.25) is 11.6 Å². The molecule has 8 N–H and O–H groups in total. The number of ether oxygens (including phenoxy) is 2. The quantitative estimate of drug-likeness (QED) is 0.128. The van der Waals surface area contributed by atoms with E-state index < -0.39 is 23.4 Å². The summed E-state index contributed by atoms with van der Waals surface area (Å²) in [5, 5.41) is 27.1. The number of carbonyl (C=O) groups excluding carboxylic acids is 4. The molecule has 2 atom stereocenters. The minimum absolute atomic E-state index is 0. The third-order valence-electron chi connectivity index (χ3n) is 8.82. The van der Waals surface area contributed by atoms with Crippen molar-refractivity contribution in [2.24, 2.45) is 11.5 Å². The van der Waals surface area contributed by atoms with E-state index in [2.05, 4.69) is 22.5 Å². The summed E-state index contributed by atoms with van der Waals surface area (Å²) in [5.41, 5.74) is 15.2. The summed E-state index contributed by atoms with van der Waals surface area (Å²) in [6.45, 7) is 5.28. The van der Waals surface area contributed by atoms with Crippen molar-refractivity contribution in [1.29, 1.82) is 0 Å². The van der Waals surface area contributed by atoms with Crippen LogP contribution < -0.4 is 22.1 Å². The number of hydrogen-bond donors (Lipinski definition) is 6. The average molecular weight is 796 g/mol. The van der Waals surface area contributed by atoms with Crippen molar-refractivity contribution >= 4 is 48.7 Å². The molecule has 0 radical (unpaired) electrons. The molecule has 298 valence electrons. The molecule has 16 nitrogen and oxygen atoms in total. The number of aliphatic hydroxyl groups is 2. The summed E-state index contributed by atoms with van der Waals surface area (Å²) in [4.78, 5) is 57.2. The molecule has 0 aliphatic carbocycles. The van der Waals surface area contributed by atoms with Crippen LogP contribution in [0.4, 0.5) is 9.59 Å². The number of carbonyl (C=O) groups is 4. The van der Waals surface area contributed by atoms with Gasteiger partial charge < -0.3 is 61.4 Å². The van der Waals surface area contributed by atoms with Crippen LogP contribution in [-0.4, -0.2) is 131 Å². The standard InChI is InChI=1S/C36H50N8O8.2ClH/c1-35(49,31(45)41-11-15-43(16-12-41)33(47)39-25-29-9-5-7-27(21-29)23-37)51-19-3-4-20-52-36(2,50)32(46)42-13-17-44(18-14-42)34(48)40-26-30-10-6-8-28(22-30)24-38;;/h5-10,21-22,49-50H,11-20,23-26,37-38H2,1-2H3,(H,39,47)(H,40,48);2*1H. The molecule has 6 amide bonds. The van der Waals surface area contributed by atoms with E-state index in [1.807, 2.05) is 48.5 Å². The smallest absolute Gasteiger partial charge is 0.317 e. The van der Waals surface area contributed by atoms with Crippen LogP contribution in [0.2, 0.25) is 0 Å². The van der Waals surface area contributed by atoms with Crippen molar-refractivity contribution in [3.8, 4) is 11.8 Å². The van der Waals surface area contributed by atoms with Crippen LogP contribution in [0, 0.1) is 11.8 Å². The third-order valence-corrected chi connectivity index (χ3v) is 8.82. The van der Waals surface area contributed by atoms with Crippen molar-refractivity contribution in [2.45, 2.75) is 51.6 Å². The SMILES string of the molecule is CC(O)(OCC#CCOC(C)(O)C(=O)N1CCN(C(=O)NCc2cccc(CN)c2)CC1)C(=O)N1CCN(C(=O)NCc2cccc(CN)c2)CC1.Cl.Cl. The Kier molecular flexibility index (Phi) is 18.4. The number of halogens is 2. The summed E-state index contributed by atoms with van der Waals surface area (Å²) in [6, 6.07) is 14.8. The number of nitrogens with one attached hydrogen (secondary N) is 2. The van der Waals surface area contributed by atoms with Crippen LogP contribution in [0.5, 0.6) is 0 Å². The minimum Gasteiger partial charge on any atom is -0.358 e. The van der Waals surface area contributed by atoms with Crippen LogP contribution in [0.15, 0.2) is 48.5 Å². The van der Waals surface area contributed by atoms with Gasteiger partial charge in [-0.15, -0.1) is 24.8 Å². The molecule has 2 aliphatic heterocycles. The van der Waals surface area contributed by atoms with Crippen molar-refractivity contribution < 1.29 is 38.9 Å². The van der Waals surface area contributed by atoms with E-state index in [4.69, 9.17) is 20.9 Å². The molecular formula is C36H52Cl2N8O8. The number of benzene rings is 2. The molecule has 2 unspecified atom stereocenters. The van der Waals surface area contributed by atoms with Crippen LogP contribution >= 0.6 is 24.8 Å². The summed E-state index contributed by atoms with van der Waals surface area (Å²) >= 11 is 0. The minimum atomic E-state index is -2.16. The maximum atomic E-state index is 13.0. The third kappa shape index (κ3) is 13.3. The van der Waals surface area contributed by atoms with Gasteiger partial charge in [0.25, 0.3) is 11.8 Å². The van der Waals surface area contributed by atoms with Crippen LogP contribution in [0.25, 0.3) is 0 Å². The first kappa shape index (κ1) is 46.0. The molecule has 2 aromatic carbocycles. The highest BCUT2D eigenvalue weighted by Gasteiger charge is 2.38. The van der Waals surface area contributed by atoms with Gasteiger partial charge in [-0.3, -0.25) is 9.59 Å². The van der Waals surface area contributed by atoms with Gasteiger partial charge >= 0.3 is 12.1 Å². The number of urea groups is 2. The van der Waals surface area contributed by atoms with Gasteiger partial charge in [-0.25, -0.2) is 9.59 Å². The van der Waals surface area contributed by atoms with Gasteiger partial charge in [-0.2, -0.15) is 0 Å². The Morgan fingerprint density at radius 3 is 1.28 bits per heavy atom. The largest absolute Gasteiger partial charge is 0.358 e. The Morgan fingerprint density at radius 1 is 0.630 bits per heavy atom. The van der Waals surface area contributed by atoms with E-state index >= 15 is 0 Å². The average Bonchev–Trinajstić information content (AvgIpc) is 3.16. The lowest BCUT2D eigenvalue weighted by Crippen LogP contribution is -2.57. The molecule has 0 saturated carbocycles. The highest BCUT2D eigenvalue weighted by atomic mass is 35.5. The monoisotopic (exact) mass is 794 g/mol. The Labute approximate surface area is 328 Å². The number of piperazine rings is 2. The van der Waals surface area contributed by atoms with Crippen LogP contribution in [0.1, 0.15) is 36.1 Å². The normalized spacial score (nSPS) is 16.3. The summed E-state index contributed by atoms with van der Waals surface area (Å²) in [7, 11) is 0. The molecule has 2 saturated heterocycles. The zero-order chi connectivity index (χ0) is 37.7. The molecule has 2 fully saturated rings. The molecule has 0 aromatic heterocycles. The number of nitrogens with zero attached hydrogens (tertiary/aromatic N) is 4. The number of rotatable bonds is 12. The van der Waals surface area contributed by atoms with Gasteiger partial charge in [-0.05, 0) is 36.1 Å². The van der Waals surface area contributed by atoms with E-state index in [0.29, 0.717) is 26.2 Å². The highest BCUT2D eigenvalue weighted by molar-refractivity contribution is 5.86. The first-order valence-corrected chi connectivity index (χ1v) is 17.2. The molecule has 2 aliphatic rings. The topological polar surface area (TPSA) is 216 Å². The zero-order valence-corrected chi connectivity index (χ0v) is 32.3. The van der Waals surface area contributed by atoms with E-state index in [1.165, 1.54) is 23.6 Å². The fourth-order valence-corrected chi connectivity index (χ4v) is 5.70. The number of amides is 6. The van der Waals surface area contributed by atoms with E-state index in [0.717, 1.165) is 22.3 Å². The zero-order valence-electron chi connectivity index (χ0n) is 30.6. The van der Waals surface area contributed by atoms with E-state index in [9.17, 15) is 29.4 Å². The van der Waals surface area contributed by atoms with Crippen molar-refractivity contribution in [3.05, 3.63) is 70.8 Å². The van der Waals surface area contributed by atoms with E-state index in [-0.39, 0.29) is 102 Å². The highest BCUT2D eigenvalue weighted by Crippen LogP contribution is 2.15. The Hall–Kier alpha value is -4.18. The van der Waals surface area contributed by atoms with Crippen LogP contribution in [0.3, 0.4) is 0 Å². The summed E-state index contributed by atoms with van der Waals surface area (Å²) < 4.78 is 10.7. The predicted octanol–water partition coefficient (Wildman–Crippen LogP) is 0.309. The molecule has 0 bridgehead atoms. The second-order valence-electron chi connectivity index (χ2n) is 12.8. The van der Waals surface area contributed by atoms with E-state index in [1.54, 1.807) is 9.80 Å². The first-order valence-electron chi connectivity index (χ1n) is 17.2. The molecule has 4 rings (SSSR count). The van der Waals surface area contributed by atoms with Crippen molar-refractivity contribution in [1.82, 2.24) is 30.2 Å². The van der Waals surface area contributed by atoms with Gasteiger partial charge in [0.1, 0.15) is 13.2 Å². The molecule has 2 heterocycles. The Bertz CT molecular complexity index is 1510. The van der Waals surface area contributed by atoms with Crippen molar-refractivity contribution in [3.63, 3.8) is 0 Å². The second kappa shape index (κ2) is 21.6. The summed E-state index contributed by atoms with van der Waals surface area (Å²) in [5.74, 6) is -0.433.